The third-order valence-electron chi connectivity index (χ3n) is 2.99. The standard InChI is InChI=1S/C14H17N3O3/c1-8-3-4-12(19)11(7-8)16-14-15-9(2)10(5-6-18)13(20)17-14/h3-4,7,18-19H,5-6H2,1-2H3,(H2,15,16,17,20). The van der Waals surface area contributed by atoms with Crippen LogP contribution in [0, 0.1) is 13.8 Å². The Balaban J connectivity index is 2.35. The molecule has 0 aliphatic heterocycles. The highest BCUT2D eigenvalue weighted by molar-refractivity contribution is 5.63. The van der Waals surface area contributed by atoms with Crippen LogP contribution in [0.5, 0.6) is 5.75 Å². The van der Waals surface area contributed by atoms with Crippen molar-refractivity contribution in [2.75, 3.05) is 11.9 Å². The van der Waals surface area contributed by atoms with E-state index in [1.54, 1.807) is 25.1 Å². The van der Waals surface area contributed by atoms with Gasteiger partial charge in [0.2, 0.25) is 5.95 Å². The van der Waals surface area contributed by atoms with Gasteiger partial charge < -0.3 is 15.5 Å². The average molecular weight is 275 g/mol. The third-order valence-corrected chi connectivity index (χ3v) is 2.99. The normalized spacial score (nSPS) is 10.6. The predicted octanol–water partition coefficient (Wildman–Crippen LogP) is 1.37. The van der Waals surface area contributed by atoms with Crippen LogP contribution in [0.3, 0.4) is 0 Å². The number of benzene rings is 1. The lowest BCUT2D eigenvalue weighted by Crippen LogP contribution is -2.19. The summed E-state index contributed by atoms with van der Waals surface area (Å²) < 4.78 is 0. The van der Waals surface area contributed by atoms with Crippen molar-refractivity contribution < 1.29 is 10.2 Å². The van der Waals surface area contributed by atoms with Crippen LogP contribution in [-0.4, -0.2) is 26.8 Å². The smallest absolute Gasteiger partial charge is 0.255 e. The van der Waals surface area contributed by atoms with Gasteiger partial charge in [-0.05, 0) is 31.5 Å². The van der Waals surface area contributed by atoms with Crippen molar-refractivity contribution in [2.24, 2.45) is 0 Å². The Kier molecular flexibility index (Phi) is 4.05. The van der Waals surface area contributed by atoms with Crippen LogP contribution in [-0.2, 0) is 6.42 Å². The van der Waals surface area contributed by atoms with Crippen molar-refractivity contribution in [3.8, 4) is 5.75 Å². The second-order valence-corrected chi connectivity index (χ2v) is 4.60. The maximum Gasteiger partial charge on any atom is 0.255 e. The van der Waals surface area contributed by atoms with E-state index in [2.05, 4.69) is 15.3 Å². The molecule has 0 fully saturated rings. The van der Waals surface area contributed by atoms with Gasteiger partial charge in [-0.25, -0.2) is 4.98 Å². The number of hydrogen-bond acceptors (Lipinski definition) is 5. The fourth-order valence-corrected chi connectivity index (χ4v) is 1.95. The number of aliphatic hydroxyl groups is 1. The summed E-state index contributed by atoms with van der Waals surface area (Å²) in [5.41, 5.74) is 2.17. The van der Waals surface area contributed by atoms with Gasteiger partial charge in [0.25, 0.3) is 5.56 Å². The molecule has 0 saturated heterocycles. The first-order valence-corrected chi connectivity index (χ1v) is 6.28. The van der Waals surface area contributed by atoms with Crippen molar-refractivity contribution in [2.45, 2.75) is 20.3 Å². The number of phenolic OH excluding ortho intramolecular Hbond substituents is 1. The summed E-state index contributed by atoms with van der Waals surface area (Å²) in [6, 6.07) is 5.11. The lowest BCUT2D eigenvalue weighted by Gasteiger charge is -2.10. The van der Waals surface area contributed by atoms with E-state index in [-0.39, 0.29) is 30.3 Å². The Hall–Kier alpha value is -2.34. The van der Waals surface area contributed by atoms with Crippen LogP contribution in [0.1, 0.15) is 16.8 Å². The Morgan fingerprint density at radius 1 is 1.35 bits per heavy atom. The van der Waals surface area contributed by atoms with Crippen LogP contribution in [0.2, 0.25) is 0 Å². The molecule has 1 heterocycles. The zero-order valence-corrected chi connectivity index (χ0v) is 11.4. The van der Waals surface area contributed by atoms with Crippen molar-refractivity contribution in [1.82, 2.24) is 9.97 Å². The van der Waals surface area contributed by atoms with Crippen LogP contribution >= 0.6 is 0 Å². The number of rotatable bonds is 4. The van der Waals surface area contributed by atoms with Gasteiger partial charge in [0.1, 0.15) is 5.75 Å². The highest BCUT2D eigenvalue weighted by Crippen LogP contribution is 2.25. The second kappa shape index (κ2) is 5.75. The number of anilines is 2. The Labute approximate surface area is 116 Å². The predicted molar refractivity (Wildman–Crippen MR) is 76.5 cm³/mol. The van der Waals surface area contributed by atoms with Crippen LogP contribution in [0.25, 0.3) is 0 Å². The number of aliphatic hydroxyl groups excluding tert-OH is 1. The molecule has 2 aromatic rings. The van der Waals surface area contributed by atoms with E-state index >= 15 is 0 Å². The van der Waals surface area contributed by atoms with Crippen molar-refractivity contribution in [1.29, 1.82) is 0 Å². The first-order valence-electron chi connectivity index (χ1n) is 6.28. The molecular formula is C14H17N3O3. The molecule has 0 amide bonds. The zero-order chi connectivity index (χ0) is 14.7. The summed E-state index contributed by atoms with van der Waals surface area (Å²) in [5, 5.41) is 21.6. The van der Waals surface area contributed by atoms with Gasteiger partial charge >= 0.3 is 0 Å². The Bertz CT molecular complexity index is 680. The topological polar surface area (TPSA) is 98.2 Å². The molecular weight excluding hydrogens is 258 g/mol. The summed E-state index contributed by atoms with van der Waals surface area (Å²) in [7, 11) is 0. The molecule has 0 aliphatic rings. The molecule has 0 unspecified atom stereocenters. The number of H-pyrrole nitrogens is 1. The first-order chi connectivity index (χ1) is 9.51. The van der Waals surface area contributed by atoms with Crippen LogP contribution in [0.15, 0.2) is 23.0 Å². The zero-order valence-electron chi connectivity index (χ0n) is 11.4. The van der Waals surface area contributed by atoms with E-state index in [4.69, 9.17) is 5.11 Å². The van der Waals surface area contributed by atoms with Crippen LogP contribution < -0.4 is 10.9 Å². The monoisotopic (exact) mass is 275 g/mol. The maximum atomic E-state index is 11.9. The number of aromatic nitrogens is 2. The third kappa shape index (κ3) is 2.97. The van der Waals surface area contributed by atoms with E-state index in [1.807, 2.05) is 6.92 Å². The van der Waals surface area contributed by atoms with E-state index in [0.717, 1.165) is 5.56 Å². The van der Waals surface area contributed by atoms with E-state index in [1.165, 1.54) is 0 Å². The lowest BCUT2D eigenvalue weighted by molar-refractivity contribution is 0.298. The van der Waals surface area contributed by atoms with Crippen molar-refractivity contribution in [3.63, 3.8) is 0 Å². The van der Waals surface area contributed by atoms with Crippen molar-refractivity contribution >= 4 is 11.6 Å². The lowest BCUT2D eigenvalue weighted by atomic mass is 10.2. The number of nitrogens with zero attached hydrogens (tertiary/aromatic N) is 1. The number of aryl methyl sites for hydroxylation is 2. The highest BCUT2D eigenvalue weighted by Gasteiger charge is 2.09. The number of hydrogen-bond donors (Lipinski definition) is 4. The van der Waals surface area contributed by atoms with Gasteiger partial charge in [-0.15, -0.1) is 0 Å². The number of aromatic amines is 1. The van der Waals surface area contributed by atoms with Gasteiger partial charge in [0, 0.05) is 18.6 Å². The molecule has 6 heteroatoms. The number of aromatic hydroxyl groups is 1. The van der Waals surface area contributed by atoms with Gasteiger partial charge in [0.15, 0.2) is 0 Å². The summed E-state index contributed by atoms with van der Waals surface area (Å²) >= 11 is 0. The molecule has 20 heavy (non-hydrogen) atoms. The Morgan fingerprint density at radius 3 is 2.75 bits per heavy atom. The maximum absolute atomic E-state index is 11.9. The second-order valence-electron chi connectivity index (χ2n) is 4.60. The minimum Gasteiger partial charge on any atom is -0.506 e. The Morgan fingerprint density at radius 2 is 2.10 bits per heavy atom. The van der Waals surface area contributed by atoms with E-state index in [9.17, 15) is 9.90 Å². The van der Waals surface area contributed by atoms with Gasteiger partial charge in [-0.3, -0.25) is 9.78 Å². The summed E-state index contributed by atoms with van der Waals surface area (Å²) in [5.74, 6) is 0.338. The molecule has 1 aromatic carbocycles. The molecule has 2 rings (SSSR count). The molecule has 0 bridgehead atoms. The molecule has 0 spiro atoms. The summed E-state index contributed by atoms with van der Waals surface area (Å²) in [6.07, 6.45) is 0.268. The van der Waals surface area contributed by atoms with Crippen LogP contribution in [0.4, 0.5) is 11.6 Å². The molecule has 0 saturated carbocycles. The fourth-order valence-electron chi connectivity index (χ4n) is 1.95. The molecule has 0 aliphatic carbocycles. The highest BCUT2D eigenvalue weighted by atomic mass is 16.3. The molecule has 1 aromatic heterocycles. The summed E-state index contributed by atoms with van der Waals surface area (Å²) in [4.78, 5) is 18.7. The number of phenols is 1. The van der Waals surface area contributed by atoms with Gasteiger partial charge in [-0.1, -0.05) is 6.07 Å². The first kappa shape index (κ1) is 14.1. The molecule has 0 atom stereocenters. The molecule has 0 radical (unpaired) electrons. The summed E-state index contributed by atoms with van der Waals surface area (Å²) in [6.45, 7) is 3.51. The SMILES string of the molecule is Cc1ccc(O)c(Nc2nc(C)c(CCO)c(=O)[nH]2)c1. The molecule has 6 nitrogen and oxygen atoms in total. The minimum atomic E-state index is -0.291. The van der Waals surface area contributed by atoms with Gasteiger partial charge in [0.05, 0.1) is 11.4 Å². The minimum absolute atomic E-state index is 0.0790. The van der Waals surface area contributed by atoms with Gasteiger partial charge in [-0.2, -0.15) is 0 Å². The van der Waals surface area contributed by atoms with Crippen molar-refractivity contribution in [3.05, 3.63) is 45.4 Å². The van der Waals surface area contributed by atoms with E-state index in [0.29, 0.717) is 16.9 Å². The largest absolute Gasteiger partial charge is 0.506 e. The van der Waals surface area contributed by atoms with E-state index < -0.39 is 0 Å². The fraction of sp³-hybridized carbons (Fsp3) is 0.286. The molecule has 4 N–H and O–H groups in total. The quantitative estimate of drug-likeness (QED) is 0.632. The number of nitrogens with one attached hydrogen (secondary N) is 2. The molecule has 106 valence electrons. The average Bonchev–Trinajstić information content (AvgIpc) is 2.38.